The first-order valence-corrected chi connectivity index (χ1v) is 6.36. The number of benzene rings is 1. The quantitative estimate of drug-likeness (QED) is 0.632. The third-order valence-electron chi connectivity index (χ3n) is 3.91. The van der Waals surface area contributed by atoms with Crippen LogP contribution in [0.2, 0.25) is 0 Å². The molecule has 0 N–H and O–H groups in total. The Morgan fingerprint density at radius 1 is 1.32 bits per heavy atom. The van der Waals surface area contributed by atoms with Crippen molar-refractivity contribution in [3.8, 4) is 5.75 Å². The van der Waals surface area contributed by atoms with E-state index in [1.54, 1.807) is 12.1 Å². The molecule has 19 heavy (non-hydrogen) atoms. The molecule has 3 aliphatic rings. The van der Waals surface area contributed by atoms with Crippen molar-refractivity contribution in [2.75, 3.05) is 19.6 Å². The summed E-state index contributed by atoms with van der Waals surface area (Å²) in [5.74, 6) is 1.22. The van der Waals surface area contributed by atoms with Crippen molar-refractivity contribution in [1.82, 2.24) is 4.90 Å². The fraction of sp³-hybridized carbons (Fsp3) is 0.538. The van der Waals surface area contributed by atoms with E-state index in [1.165, 1.54) is 38.1 Å². The van der Waals surface area contributed by atoms with Gasteiger partial charge in [0.15, 0.2) is 0 Å². The average Bonchev–Trinajstić information content (AvgIpc) is 2.40. The highest BCUT2D eigenvalue weighted by atomic mass is 35.5. The van der Waals surface area contributed by atoms with Crippen LogP contribution in [0, 0.1) is 16.0 Å². The first kappa shape index (κ1) is 14.1. The minimum atomic E-state index is -0.386. The predicted octanol–water partition coefficient (Wildman–Crippen LogP) is 2.49. The van der Waals surface area contributed by atoms with Crippen molar-refractivity contribution < 1.29 is 9.66 Å². The molecule has 0 aliphatic carbocycles. The van der Waals surface area contributed by atoms with Gasteiger partial charge >= 0.3 is 0 Å². The van der Waals surface area contributed by atoms with Gasteiger partial charge in [0.1, 0.15) is 11.9 Å². The third-order valence-corrected chi connectivity index (χ3v) is 3.91. The molecule has 0 radical (unpaired) electrons. The van der Waals surface area contributed by atoms with Crippen LogP contribution in [0.1, 0.15) is 12.8 Å². The smallest absolute Gasteiger partial charge is 0.273 e. The number of ether oxygens (including phenoxy) is 1. The fourth-order valence-corrected chi connectivity index (χ4v) is 2.89. The van der Waals surface area contributed by atoms with E-state index in [0.717, 1.165) is 6.54 Å². The molecule has 3 heterocycles. The van der Waals surface area contributed by atoms with E-state index < -0.39 is 0 Å². The van der Waals surface area contributed by atoms with Crippen LogP contribution in [0.15, 0.2) is 24.3 Å². The molecule has 3 aliphatic heterocycles. The van der Waals surface area contributed by atoms with Crippen molar-refractivity contribution in [2.24, 2.45) is 5.92 Å². The van der Waals surface area contributed by atoms with Gasteiger partial charge < -0.3 is 4.74 Å². The summed E-state index contributed by atoms with van der Waals surface area (Å²) in [6, 6.07) is 6.47. The number of rotatable bonds is 3. The van der Waals surface area contributed by atoms with Crippen LogP contribution < -0.4 is 4.74 Å². The lowest BCUT2D eigenvalue weighted by Crippen LogP contribution is -2.52. The lowest BCUT2D eigenvalue weighted by Gasteiger charge is -2.44. The first-order chi connectivity index (χ1) is 8.72. The largest absolute Gasteiger partial charge is 0.489 e. The molecule has 6 heteroatoms. The zero-order valence-electron chi connectivity index (χ0n) is 10.5. The van der Waals surface area contributed by atoms with Gasteiger partial charge in [-0.05, 0) is 37.9 Å². The summed E-state index contributed by atoms with van der Waals surface area (Å²) < 4.78 is 5.93. The van der Waals surface area contributed by atoms with Gasteiger partial charge in [0.25, 0.3) is 5.69 Å². The Hall–Kier alpha value is -1.33. The lowest BCUT2D eigenvalue weighted by atomic mass is 9.86. The van der Waals surface area contributed by atoms with Crippen LogP contribution in [0.3, 0.4) is 0 Å². The number of halogens is 1. The Bertz CT molecular complexity index is 461. The summed E-state index contributed by atoms with van der Waals surface area (Å²) >= 11 is 0. The minimum Gasteiger partial charge on any atom is -0.489 e. The number of nitrogens with zero attached hydrogens (tertiary/aromatic N) is 2. The zero-order valence-corrected chi connectivity index (χ0v) is 11.3. The number of nitro groups is 1. The van der Waals surface area contributed by atoms with E-state index >= 15 is 0 Å². The van der Waals surface area contributed by atoms with Crippen LogP contribution in [-0.2, 0) is 0 Å². The Morgan fingerprint density at radius 3 is 2.63 bits per heavy atom. The molecule has 1 unspecified atom stereocenters. The molecule has 1 atom stereocenters. The summed E-state index contributed by atoms with van der Waals surface area (Å²) in [7, 11) is 0. The second-order valence-electron chi connectivity index (χ2n) is 5.05. The average molecular weight is 285 g/mol. The Kier molecular flexibility index (Phi) is 4.27. The standard InChI is InChI=1S/C13H16N2O3.ClH/c16-15(17)11-2-1-3-12(8-11)18-13-9-14-6-4-10(13)5-7-14;/h1-3,8,10,13H,4-7,9H2;1H. The van der Waals surface area contributed by atoms with E-state index in [0.29, 0.717) is 11.7 Å². The molecule has 1 aromatic rings. The number of non-ortho nitro benzene ring substituents is 1. The van der Waals surface area contributed by atoms with E-state index in [4.69, 9.17) is 4.74 Å². The van der Waals surface area contributed by atoms with Crippen LogP contribution in [-0.4, -0.2) is 35.6 Å². The number of hydrogen-bond donors (Lipinski definition) is 0. The van der Waals surface area contributed by atoms with Crippen LogP contribution in [0.25, 0.3) is 0 Å². The fourth-order valence-electron chi connectivity index (χ4n) is 2.89. The summed E-state index contributed by atoms with van der Waals surface area (Å²) in [6.45, 7) is 3.28. The molecule has 0 spiro atoms. The molecular formula is C13H17ClN2O3. The normalized spacial score (nSPS) is 28.5. The predicted molar refractivity (Wildman–Crippen MR) is 73.9 cm³/mol. The van der Waals surface area contributed by atoms with Crippen molar-refractivity contribution in [3.63, 3.8) is 0 Å². The van der Waals surface area contributed by atoms with E-state index in [9.17, 15) is 10.1 Å². The van der Waals surface area contributed by atoms with Gasteiger partial charge in [-0.2, -0.15) is 0 Å². The summed E-state index contributed by atoms with van der Waals surface area (Å²) in [5.41, 5.74) is 0.0915. The molecule has 2 bridgehead atoms. The number of fused-ring (bicyclic) bond motifs is 3. The van der Waals surface area contributed by atoms with Crippen molar-refractivity contribution in [2.45, 2.75) is 18.9 Å². The maximum absolute atomic E-state index is 10.7. The Labute approximate surface area is 118 Å². The number of piperidine rings is 3. The highest BCUT2D eigenvalue weighted by molar-refractivity contribution is 5.85. The maximum atomic E-state index is 10.7. The topological polar surface area (TPSA) is 55.6 Å². The molecule has 3 saturated heterocycles. The molecule has 5 nitrogen and oxygen atoms in total. The van der Waals surface area contributed by atoms with Gasteiger partial charge in [-0.3, -0.25) is 15.0 Å². The monoisotopic (exact) mass is 284 g/mol. The van der Waals surface area contributed by atoms with E-state index in [1.807, 2.05) is 0 Å². The molecule has 0 amide bonds. The minimum absolute atomic E-state index is 0. The number of hydrogen-bond acceptors (Lipinski definition) is 4. The van der Waals surface area contributed by atoms with Crippen LogP contribution in [0.4, 0.5) is 5.69 Å². The Morgan fingerprint density at radius 2 is 2.05 bits per heavy atom. The Balaban J connectivity index is 0.00000133. The molecule has 0 aromatic heterocycles. The highest BCUT2D eigenvalue weighted by Gasteiger charge is 2.35. The van der Waals surface area contributed by atoms with Crippen LogP contribution in [0.5, 0.6) is 5.75 Å². The summed E-state index contributed by atoms with van der Waals surface area (Å²) in [5, 5.41) is 10.7. The summed E-state index contributed by atoms with van der Waals surface area (Å²) in [6.07, 6.45) is 2.55. The molecule has 3 fully saturated rings. The van der Waals surface area contributed by atoms with E-state index in [2.05, 4.69) is 4.90 Å². The molecular weight excluding hydrogens is 268 g/mol. The SMILES string of the molecule is Cl.O=[N+]([O-])c1cccc(OC2CN3CCC2CC3)c1. The second kappa shape index (κ2) is 5.75. The third kappa shape index (κ3) is 2.98. The molecule has 1 aromatic carbocycles. The van der Waals surface area contributed by atoms with Gasteiger partial charge in [0.05, 0.1) is 11.0 Å². The van der Waals surface area contributed by atoms with Crippen molar-refractivity contribution in [1.29, 1.82) is 0 Å². The maximum Gasteiger partial charge on any atom is 0.273 e. The second-order valence-corrected chi connectivity index (χ2v) is 5.05. The highest BCUT2D eigenvalue weighted by Crippen LogP contribution is 2.31. The van der Waals surface area contributed by atoms with E-state index in [-0.39, 0.29) is 29.1 Å². The van der Waals surface area contributed by atoms with Gasteiger partial charge in [-0.25, -0.2) is 0 Å². The first-order valence-electron chi connectivity index (χ1n) is 6.36. The van der Waals surface area contributed by atoms with Crippen molar-refractivity contribution in [3.05, 3.63) is 34.4 Å². The lowest BCUT2D eigenvalue weighted by molar-refractivity contribution is -0.385. The van der Waals surface area contributed by atoms with Gasteiger partial charge in [0.2, 0.25) is 0 Å². The zero-order chi connectivity index (χ0) is 12.5. The van der Waals surface area contributed by atoms with Gasteiger partial charge in [-0.1, -0.05) is 6.07 Å². The van der Waals surface area contributed by atoms with Gasteiger partial charge in [0, 0.05) is 12.6 Å². The van der Waals surface area contributed by atoms with Crippen LogP contribution >= 0.6 is 12.4 Å². The van der Waals surface area contributed by atoms with Gasteiger partial charge in [-0.15, -0.1) is 12.4 Å². The molecule has 4 rings (SSSR count). The summed E-state index contributed by atoms with van der Waals surface area (Å²) in [4.78, 5) is 12.7. The number of nitro benzene ring substituents is 1. The molecule has 104 valence electrons. The van der Waals surface area contributed by atoms with Crippen molar-refractivity contribution >= 4 is 18.1 Å². The molecule has 0 saturated carbocycles.